The van der Waals surface area contributed by atoms with E-state index in [9.17, 15) is 13.2 Å². The molecule has 1 N–H and O–H groups in total. The largest absolute Gasteiger partial charge is 0.337 e. The summed E-state index contributed by atoms with van der Waals surface area (Å²) in [5.74, 6) is -0.192. The Hall–Kier alpha value is -1.70. The second-order valence-electron chi connectivity index (χ2n) is 7.52. The van der Waals surface area contributed by atoms with Crippen molar-refractivity contribution >= 4 is 27.3 Å². The summed E-state index contributed by atoms with van der Waals surface area (Å²) in [6.45, 7) is 9.66. The fourth-order valence-electron chi connectivity index (χ4n) is 2.52. The zero-order chi connectivity index (χ0) is 19.7. The molecule has 1 aromatic carbocycles. The van der Waals surface area contributed by atoms with Gasteiger partial charge >= 0.3 is 0 Å². The minimum absolute atomic E-state index is 0.0991. The van der Waals surface area contributed by atoms with Gasteiger partial charge in [-0.05, 0) is 69.3 Å². The maximum Gasteiger partial charge on any atom is 0.254 e. The smallest absolute Gasteiger partial charge is 0.254 e. The molecule has 7 heteroatoms. The Bertz CT molecular complexity index is 909. The van der Waals surface area contributed by atoms with Crippen molar-refractivity contribution in [2.75, 3.05) is 7.05 Å². The Morgan fingerprint density at radius 1 is 1.15 bits per heavy atom. The molecule has 0 unspecified atom stereocenters. The first-order chi connectivity index (χ1) is 11.9. The van der Waals surface area contributed by atoms with Crippen LogP contribution in [0, 0.1) is 13.8 Å². The third-order valence-corrected chi connectivity index (χ3v) is 6.65. The van der Waals surface area contributed by atoms with Crippen molar-refractivity contribution in [3.05, 3.63) is 51.2 Å². The van der Waals surface area contributed by atoms with Gasteiger partial charge in [-0.1, -0.05) is 6.07 Å². The van der Waals surface area contributed by atoms with E-state index in [1.165, 1.54) is 12.1 Å². The lowest BCUT2D eigenvalue weighted by Gasteiger charge is -2.22. The fraction of sp³-hybridized carbons (Fsp3) is 0.421. The molecule has 5 nitrogen and oxygen atoms in total. The molecule has 0 aliphatic carbocycles. The Labute approximate surface area is 160 Å². The third kappa shape index (κ3) is 4.93. The van der Waals surface area contributed by atoms with Crippen molar-refractivity contribution in [3.63, 3.8) is 0 Å². The van der Waals surface area contributed by atoms with E-state index in [0.717, 1.165) is 16.0 Å². The SMILES string of the molecule is Cc1ccc(S(=O)(=O)NC(C)(C)C)cc1C(=O)N(C)Cc1sccc1C. The average molecular weight is 395 g/mol. The van der Waals surface area contributed by atoms with Crippen LogP contribution in [0.5, 0.6) is 0 Å². The number of hydrogen-bond acceptors (Lipinski definition) is 4. The number of thiophene rings is 1. The van der Waals surface area contributed by atoms with Crippen LogP contribution in [0.3, 0.4) is 0 Å². The van der Waals surface area contributed by atoms with Crippen molar-refractivity contribution in [1.82, 2.24) is 9.62 Å². The number of amides is 1. The minimum Gasteiger partial charge on any atom is -0.337 e. The molecule has 0 saturated carbocycles. The van der Waals surface area contributed by atoms with Crippen LogP contribution < -0.4 is 4.72 Å². The number of rotatable bonds is 5. The molecule has 0 radical (unpaired) electrons. The molecule has 2 aromatic rings. The summed E-state index contributed by atoms with van der Waals surface area (Å²) in [6, 6.07) is 6.69. The van der Waals surface area contributed by atoms with Crippen LogP contribution >= 0.6 is 11.3 Å². The first kappa shape index (κ1) is 20.6. The normalized spacial score (nSPS) is 12.2. The molecule has 1 aromatic heterocycles. The van der Waals surface area contributed by atoms with Crippen molar-refractivity contribution < 1.29 is 13.2 Å². The third-order valence-electron chi connectivity index (χ3n) is 3.89. The summed E-state index contributed by atoms with van der Waals surface area (Å²) < 4.78 is 27.8. The number of aryl methyl sites for hydroxylation is 2. The summed E-state index contributed by atoms with van der Waals surface area (Å²) >= 11 is 1.61. The molecule has 1 amide bonds. The van der Waals surface area contributed by atoms with Gasteiger partial charge < -0.3 is 4.90 Å². The van der Waals surface area contributed by atoms with E-state index in [0.29, 0.717) is 12.1 Å². The Kier molecular flexibility index (Phi) is 5.95. The lowest BCUT2D eigenvalue weighted by molar-refractivity contribution is 0.0785. The van der Waals surface area contributed by atoms with Gasteiger partial charge in [0.15, 0.2) is 0 Å². The molecular weight excluding hydrogens is 368 g/mol. The highest BCUT2D eigenvalue weighted by atomic mass is 32.2. The van der Waals surface area contributed by atoms with Gasteiger partial charge in [0.1, 0.15) is 0 Å². The first-order valence-corrected chi connectivity index (χ1v) is 10.7. The molecule has 0 aliphatic rings. The predicted molar refractivity (Wildman–Crippen MR) is 106 cm³/mol. The fourth-order valence-corrected chi connectivity index (χ4v) is 4.92. The highest BCUT2D eigenvalue weighted by molar-refractivity contribution is 7.89. The molecule has 0 fully saturated rings. The van der Waals surface area contributed by atoms with E-state index in [4.69, 9.17) is 0 Å². The summed E-state index contributed by atoms with van der Waals surface area (Å²) in [6.07, 6.45) is 0. The summed E-state index contributed by atoms with van der Waals surface area (Å²) in [5, 5.41) is 2.00. The first-order valence-electron chi connectivity index (χ1n) is 8.34. The van der Waals surface area contributed by atoms with Gasteiger partial charge in [0, 0.05) is 23.0 Å². The maximum atomic E-state index is 12.9. The predicted octanol–water partition coefficient (Wildman–Crippen LogP) is 3.71. The van der Waals surface area contributed by atoms with Gasteiger partial charge in [-0.2, -0.15) is 0 Å². The summed E-state index contributed by atoms with van der Waals surface area (Å²) in [5.41, 5.74) is 1.71. The van der Waals surface area contributed by atoms with E-state index in [-0.39, 0.29) is 10.8 Å². The molecule has 0 aliphatic heterocycles. The van der Waals surface area contributed by atoms with Gasteiger partial charge in [0.25, 0.3) is 5.91 Å². The van der Waals surface area contributed by atoms with Gasteiger partial charge in [0.2, 0.25) is 10.0 Å². The standard InChI is InChI=1S/C19H26N2O3S2/c1-13-7-8-15(26(23,24)20-19(3,4)5)11-16(13)18(22)21(6)12-17-14(2)9-10-25-17/h7-11,20H,12H2,1-6H3. The zero-order valence-electron chi connectivity index (χ0n) is 16.1. The van der Waals surface area contributed by atoms with Crippen molar-refractivity contribution in [3.8, 4) is 0 Å². The molecule has 0 saturated heterocycles. The van der Waals surface area contributed by atoms with Crippen LogP contribution in [0.2, 0.25) is 0 Å². The molecule has 0 atom stereocenters. The lowest BCUT2D eigenvalue weighted by Crippen LogP contribution is -2.40. The zero-order valence-corrected chi connectivity index (χ0v) is 17.7. The van der Waals surface area contributed by atoms with E-state index in [2.05, 4.69) is 4.72 Å². The van der Waals surface area contributed by atoms with Crippen LogP contribution in [0.1, 0.15) is 47.1 Å². The highest BCUT2D eigenvalue weighted by Gasteiger charge is 2.24. The number of sulfonamides is 1. The number of carbonyl (C=O) groups is 1. The van der Waals surface area contributed by atoms with Gasteiger partial charge in [0.05, 0.1) is 11.4 Å². The average Bonchev–Trinajstić information content (AvgIpc) is 2.89. The Morgan fingerprint density at radius 2 is 1.81 bits per heavy atom. The number of nitrogens with zero attached hydrogens (tertiary/aromatic N) is 1. The number of nitrogens with one attached hydrogen (secondary N) is 1. The lowest BCUT2D eigenvalue weighted by atomic mass is 10.1. The Morgan fingerprint density at radius 3 is 2.35 bits per heavy atom. The van der Waals surface area contributed by atoms with Gasteiger partial charge in [-0.15, -0.1) is 11.3 Å². The molecule has 1 heterocycles. The maximum absolute atomic E-state index is 12.9. The monoisotopic (exact) mass is 394 g/mol. The minimum atomic E-state index is -3.69. The molecule has 0 spiro atoms. The van der Waals surface area contributed by atoms with Crippen LogP contribution in [0.15, 0.2) is 34.5 Å². The second kappa shape index (κ2) is 7.50. The van der Waals surface area contributed by atoms with Crippen molar-refractivity contribution in [2.45, 2.75) is 51.6 Å². The van der Waals surface area contributed by atoms with Crippen molar-refractivity contribution in [1.29, 1.82) is 0 Å². The quantitative estimate of drug-likeness (QED) is 0.841. The second-order valence-corrected chi connectivity index (χ2v) is 10.2. The molecule has 2 rings (SSSR count). The van der Waals surface area contributed by atoms with Crippen LogP contribution in [0.4, 0.5) is 0 Å². The van der Waals surface area contributed by atoms with Crippen LogP contribution in [-0.2, 0) is 16.6 Å². The van der Waals surface area contributed by atoms with Gasteiger partial charge in [-0.25, -0.2) is 13.1 Å². The molecule has 0 bridgehead atoms. The highest BCUT2D eigenvalue weighted by Crippen LogP contribution is 2.21. The molecule has 142 valence electrons. The number of hydrogen-bond donors (Lipinski definition) is 1. The molecular formula is C19H26N2O3S2. The number of benzene rings is 1. The number of carbonyl (C=O) groups excluding carboxylic acids is 1. The van der Waals surface area contributed by atoms with Gasteiger partial charge in [-0.3, -0.25) is 4.79 Å². The van der Waals surface area contributed by atoms with E-state index in [1.54, 1.807) is 50.1 Å². The summed E-state index contributed by atoms with van der Waals surface area (Å²) in [4.78, 5) is 15.7. The molecule has 26 heavy (non-hydrogen) atoms. The van der Waals surface area contributed by atoms with E-state index in [1.807, 2.05) is 25.3 Å². The van der Waals surface area contributed by atoms with E-state index >= 15 is 0 Å². The Balaban J connectivity index is 2.32. The van der Waals surface area contributed by atoms with Crippen LogP contribution in [-0.4, -0.2) is 31.8 Å². The van der Waals surface area contributed by atoms with Crippen LogP contribution in [0.25, 0.3) is 0 Å². The topological polar surface area (TPSA) is 66.5 Å². The summed E-state index contributed by atoms with van der Waals surface area (Å²) in [7, 11) is -1.96. The van der Waals surface area contributed by atoms with Crippen molar-refractivity contribution in [2.24, 2.45) is 0 Å². The van der Waals surface area contributed by atoms with E-state index < -0.39 is 15.6 Å².